The molecule has 0 aromatic carbocycles. The number of methoxy groups -OCH3 is 1. The second-order valence-electron chi connectivity index (χ2n) is 4.46. The molecule has 17 heavy (non-hydrogen) atoms. The Morgan fingerprint density at radius 1 is 1.71 bits per heavy atom. The largest absolute Gasteiger partial charge is 0.479 e. The Balaban J connectivity index is 1.76. The monoisotopic (exact) mass is 237 g/mol. The summed E-state index contributed by atoms with van der Waals surface area (Å²) >= 11 is 0. The van der Waals surface area contributed by atoms with E-state index < -0.39 is 0 Å². The van der Waals surface area contributed by atoms with Crippen molar-refractivity contribution in [2.75, 3.05) is 20.2 Å². The van der Waals surface area contributed by atoms with Gasteiger partial charge in [0, 0.05) is 19.1 Å². The van der Waals surface area contributed by atoms with Gasteiger partial charge in [-0.2, -0.15) is 0 Å². The van der Waals surface area contributed by atoms with Crippen LogP contribution in [0.4, 0.5) is 0 Å². The van der Waals surface area contributed by atoms with Crippen molar-refractivity contribution in [3.63, 3.8) is 0 Å². The fraction of sp³-hybridized carbons (Fsp3) is 0.636. The van der Waals surface area contributed by atoms with Crippen molar-refractivity contribution in [1.29, 1.82) is 0 Å². The van der Waals surface area contributed by atoms with E-state index in [9.17, 15) is 4.79 Å². The summed E-state index contributed by atoms with van der Waals surface area (Å²) in [6.07, 6.45) is 2.18. The minimum absolute atomic E-state index is 0.0861. The quantitative estimate of drug-likeness (QED) is 0.799. The van der Waals surface area contributed by atoms with Crippen LogP contribution in [0.3, 0.4) is 0 Å². The summed E-state index contributed by atoms with van der Waals surface area (Å²) in [5, 5.41) is 6.99. The molecule has 0 bridgehead atoms. The maximum absolute atomic E-state index is 12.2. The number of nitrogens with zero attached hydrogens (tertiary/aromatic N) is 2. The van der Waals surface area contributed by atoms with E-state index in [1.165, 1.54) is 13.2 Å². The Hall–Kier alpha value is -1.56. The van der Waals surface area contributed by atoms with Crippen LogP contribution >= 0.6 is 0 Å². The van der Waals surface area contributed by atoms with Crippen molar-refractivity contribution in [3.8, 4) is 5.88 Å². The first-order chi connectivity index (χ1) is 8.29. The molecule has 1 amide bonds. The number of likely N-dealkylation sites (tertiary alicyclic amines) is 1. The van der Waals surface area contributed by atoms with Crippen molar-refractivity contribution >= 4 is 5.91 Å². The van der Waals surface area contributed by atoms with Crippen LogP contribution in [0.5, 0.6) is 5.88 Å². The average molecular weight is 237 g/mol. The van der Waals surface area contributed by atoms with Crippen LogP contribution in [0.2, 0.25) is 0 Å². The second kappa shape index (κ2) is 4.03. The summed E-state index contributed by atoms with van der Waals surface area (Å²) in [5.74, 6) is 0.514. The minimum atomic E-state index is -0.0861. The van der Waals surface area contributed by atoms with Crippen molar-refractivity contribution in [3.05, 3.63) is 11.8 Å². The molecule has 0 spiro atoms. The number of rotatable bonds is 2. The predicted octanol–water partition coefficient (Wildman–Crippen LogP) is 0.260. The van der Waals surface area contributed by atoms with Crippen molar-refractivity contribution in [1.82, 2.24) is 15.4 Å². The van der Waals surface area contributed by atoms with Gasteiger partial charge < -0.3 is 19.5 Å². The van der Waals surface area contributed by atoms with Gasteiger partial charge in [-0.3, -0.25) is 4.79 Å². The Labute approximate surface area is 98.9 Å². The summed E-state index contributed by atoms with van der Waals surface area (Å²) in [5.41, 5.74) is 0. The van der Waals surface area contributed by atoms with Crippen LogP contribution in [0.15, 0.2) is 10.6 Å². The predicted molar refractivity (Wildman–Crippen MR) is 58.9 cm³/mol. The highest BCUT2D eigenvalue weighted by molar-refractivity contribution is 5.92. The van der Waals surface area contributed by atoms with Crippen molar-refractivity contribution < 1.29 is 14.1 Å². The number of nitrogens with one attached hydrogen (secondary N) is 1. The van der Waals surface area contributed by atoms with E-state index >= 15 is 0 Å². The highest BCUT2D eigenvalue weighted by Crippen LogP contribution is 2.25. The maximum atomic E-state index is 12.2. The number of fused-ring (bicyclic) bond motifs is 1. The lowest BCUT2D eigenvalue weighted by atomic mass is 9.89. The van der Waals surface area contributed by atoms with Crippen molar-refractivity contribution in [2.24, 2.45) is 0 Å². The molecule has 2 aliphatic heterocycles. The van der Waals surface area contributed by atoms with E-state index in [0.717, 1.165) is 25.9 Å². The highest BCUT2D eigenvalue weighted by atomic mass is 16.5. The molecule has 6 nitrogen and oxygen atoms in total. The van der Waals surface area contributed by atoms with E-state index in [4.69, 9.17) is 9.26 Å². The number of carbonyl (C=O) groups excluding carboxylic acids is 1. The molecule has 0 aliphatic carbocycles. The Morgan fingerprint density at radius 3 is 3.24 bits per heavy atom. The van der Waals surface area contributed by atoms with Crippen LogP contribution in [-0.2, 0) is 0 Å². The third-order valence-electron chi connectivity index (χ3n) is 3.54. The summed E-state index contributed by atoms with van der Waals surface area (Å²) in [4.78, 5) is 14.1. The molecule has 6 heteroatoms. The van der Waals surface area contributed by atoms with E-state index in [2.05, 4.69) is 10.5 Å². The van der Waals surface area contributed by atoms with Gasteiger partial charge in [-0.1, -0.05) is 0 Å². The first-order valence-corrected chi connectivity index (χ1v) is 5.84. The van der Waals surface area contributed by atoms with Crippen molar-refractivity contribution in [2.45, 2.75) is 24.9 Å². The minimum Gasteiger partial charge on any atom is -0.479 e. The molecule has 2 unspecified atom stereocenters. The van der Waals surface area contributed by atoms with Gasteiger partial charge >= 0.3 is 0 Å². The fourth-order valence-corrected chi connectivity index (χ4v) is 2.51. The van der Waals surface area contributed by atoms with Gasteiger partial charge in [-0.05, 0) is 18.0 Å². The molecule has 0 radical (unpaired) electrons. The summed E-state index contributed by atoms with van der Waals surface area (Å²) in [6.45, 7) is 1.67. The maximum Gasteiger partial charge on any atom is 0.292 e. The fourth-order valence-electron chi connectivity index (χ4n) is 2.51. The molecule has 2 saturated heterocycles. The third kappa shape index (κ3) is 1.68. The topological polar surface area (TPSA) is 67.6 Å². The second-order valence-corrected chi connectivity index (χ2v) is 4.46. The zero-order chi connectivity index (χ0) is 11.8. The Morgan fingerprint density at radius 2 is 2.59 bits per heavy atom. The van der Waals surface area contributed by atoms with Crippen LogP contribution < -0.4 is 10.1 Å². The number of carbonyl (C=O) groups is 1. The van der Waals surface area contributed by atoms with E-state index in [0.29, 0.717) is 18.0 Å². The number of piperidine rings is 1. The number of aromatic nitrogens is 1. The smallest absolute Gasteiger partial charge is 0.292 e. The first-order valence-electron chi connectivity index (χ1n) is 5.84. The van der Waals surface area contributed by atoms with Gasteiger partial charge in [0.15, 0.2) is 0 Å². The van der Waals surface area contributed by atoms with Gasteiger partial charge in [0.25, 0.3) is 11.8 Å². The molecule has 3 rings (SSSR count). The van der Waals surface area contributed by atoms with Crippen LogP contribution in [0, 0.1) is 0 Å². The Bertz CT molecular complexity index is 431. The lowest BCUT2D eigenvalue weighted by molar-refractivity contribution is 0.0330. The van der Waals surface area contributed by atoms with Crippen LogP contribution in [0.25, 0.3) is 0 Å². The molecule has 2 fully saturated rings. The number of ether oxygens (including phenoxy) is 1. The van der Waals surface area contributed by atoms with Crippen LogP contribution in [0.1, 0.15) is 23.4 Å². The summed E-state index contributed by atoms with van der Waals surface area (Å²) in [7, 11) is 1.50. The molecule has 1 N–H and O–H groups in total. The average Bonchev–Trinajstić information content (AvgIpc) is 2.78. The zero-order valence-electron chi connectivity index (χ0n) is 9.68. The molecule has 3 heterocycles. The lowest BCUT2D eigenvalue weighted by Crippen LogP contribution is -2.68. The number of hydrogen-bond acceptors (Lipinski definition) is 5. The van der Waals surface area contributed by atoms with Gasteiger partial charge in [-0.15, -0.1) is 0 Å². The lowest BCUT2D eigenvalue weighted by Gasteiger charge is -2.48. The molecule has 1 aromatic heterocycles. The number of amides is 1. The molecule has 2 atom stereocenters. The van der Waals surface area contributed by atoms with Gasteiger partial charge in [0.2, 0.25) is 5.76 Å². The van der Waals surface area contributed by atoms with E-state index in [1.807, 2.05) is 4.90 Å². The van der Waals surface area contributed by atoms with Gasteiger partial charge in [0.1, 0.15) is 0 Å². The van der Waals surface area contributed by atoms with Crippen LogP contribution in [-0.4, -0.2) is 48.2 Å². The molecule has 92 valence electrons. The van der Waals surface area contributed by atoms with Gasteiger partial charge in [0.05, 0.1) is 19.2 Å². The third-order valence-corrected chi connectivity index (χ3v) is 3.54. The zero-order valence-corrected chi connectivity index (χ0v) is 9.68. The number of hydrogen-bond donors (Lipinski definition) is 1. The molecular formula is C11H15N3O3. The SMILES string of the molecule is COc1cc(C(=O)N2CCCC3NCC32)on1. The summed E-state index contributed by atoms with van der Waals surface area (Å²) < 4.78 is 9.90. The van der Waals surface area contributed by atoms with E-state index in [-0.39, 0.29) is 11.7 Å². The standard InChI is InChI=1S/C11H15N3O3/c1-16-10-5-9(17-13-10)11(15)14-4-2-3-7-8(14)6-12-7/h5,7-8,12H,2-4,6H2,1H3. The molecular weight excluding hydrogens is 222 g/mol. The first kappa shape index (κ1) is 10.6. The van der Waals surface area contributed by atoms with Gasteiger partial charge in [-0.25, -0.2) is 0 Å². The molecule has 2 aliphatic rings. The molecule has 1 aromatic rings. The molecule has 0 saturated carbocycles. The van der Waals surface area contributed by atoms with E-state index in [1.54, 1.807) is 0 Å². The Kier molecular flexibility index (Phi) is 2.51. The highest BCUT2D eigenvalue weighted by Gasteiger charge is 2.41. The summed E-state index contributed by atoms with van der Waals surface area (Å²) in [6, 6.07) is 2.31. The normalized spacial score (nSPS) is 27.2.